The average Bonchev–Trinajstić information content (AvgIpc) is 3.09. The summed E-state index contributed by atoms with van der Waals surface area (Å²) in [6, 6.07) is 5.42. The second kappa shape index (κ2) is 7.56. The molecule has 2 saturated heterocycles. The summed E-state index contributed by atoms with van der Waals surface area (Å²) >= 11 is 0. The normalized spacial score (nSPS) is 20.1. The van der Waals surface area contributed by atoms with Crippen molar-refractivity contribution < 1.29 is 13.7 Å². The number of rotatable bonds is 4. The zero-order valence-electron chi connectivity index (χ0n) is 17.5. The highest BCUT2D eigenvalue weighted by Crippen LogP contribution is 2.37. The molecule has 3 aromatic heterocycles. The second-order valence-electron chi connectivity index (χ2n) is 8.45. The van der Waals surface area contributed by atoms with E-state index in [9.17, 15) is 9.18 Å². The van der Waals surface area contributed by atoms with Crippen LogP contribution in [0, 0.1) is 13.8 Å². The highest BCUT2D eigenvalue weighted by atomic mass is 19.1. The number of aryl methyl sites for hydroxylation is 2. The Morgan fingerprint density at radius 2 is 2.10 bits per heavy atom. The summed E-state index contributed by atoms with van der Waals surface area (Å²) < 4.78 is 25.8. The fourth-order valence-electron chi connectivity index (χ4n) is 4.20. The molecule has 0 radical (unpaired) electrons. The monoisotopic (exact) mass is 425 g/mol. The van der Waals surface area contributed by atoms with Crippen LogP contribution in [0.4, 0.5) is 10.1 Å². The zero-order valence-corrected chi connectivity index (χ0v) is 17.5. The van der Waals surface area contributed by atoms with Gasteiger partial charge in [-0.25, -0.2) is 9.07 Å². The van der Waals surface area contributed by atoms with Gasteiger partial charge in [0.2, 0.25) is 0 Å². The van der Waals surface area contributed by atoms with Gasteiger partial charge in [-0.05, 0) is 38.8 Å². The van der Waals surface area contributed by atoms with Gasteiger partial charge >= 0.3 is 0 Å². The van der Waals surface area contributed by atoms with Crippen molar-refractivity contribution in [1.82, 2.24) is 19.9 Å². The van der Waals surface area contributed by atoms with Gasteiger partial charge in [0, 0.05) is 42.2 Å². The van der Waals surface area contributed by atoms with E-state index in [-0.39, 0.29) is 24.3 Å². The minimum Gasteiger partial charge on any atom is -0.368 e. The van der Waals surface area contributed by atoms with Crippen molar-refractivity contribution in [2.75, 3.05) is 24.6 Å². The number of anilines is 1. The Balaban J connectivity index is 1.33. The van der Waals surface area contributed by atoms with Crippen LogP contribution >= 0.6 is 0 Å². The van der Waals surface area contributed by atoms with E-state index in [1.165, 1.54) is 4.68 Å². The molecule has 9 heteroatoms. The molecule has 5 rings (SSSR count). The predicted molar refractivity (Wildman–Crippen MR) is 112 cm³/mol. The van der Waals surface area contributed by atoms with Crippen molar-refractivity contribution in [3.63, 3.8) is 0 Å². The molecule has 0 aliphatic carbocycles. The van der Waals surface area contributed by atoms with Crippen LogP contribution in [0.25, 0.3) is 11.3 Å². The van der Waals surface area contributed by atoms with Crippen LogP contribution in [0.3, 0.4) is 0 Å². The Morgan fingerprint density at radius 1 is 1.26 bits per heavy atom. The summed E-state index contributed by atoms with van der Waals surface area (Å²) in [5.41, 5.74) is 3.46. The Morgan fingerprint density at radius 3 is 2.77 bits per heavy atom. The SMILES string of the molecule is Cc1ccc(-c2noc(C)c2Cn2ncc(N3CC4(CC[C@@H](F)CO4)C3)cc2=O)cn1. The highest BCUT2D eigenvalue weighted by Gasteiger charge is 2.47. The lowest BCUT2D eigenvalue weighted by atomic mass is 9.85. The molecule has 2 aliphatic heterocycles. The van der Waals surface area contributed by atoms with E-state index < -0.39 is 6.17 Å². The van der Waals surface area contributed by atoms with Crippen LogP contribution in [-0.4, -0.2) is 51.4 Å². The van der Waals surface area contributed by atoms with Crippen LogP contribution < -0.4 is 10.5 Å². The number of halogens is 1. The summed E-state index contributed by atoms with van der Waals surface area (Å²) in [7, 11) is 0. The average molecular weight is 425 g/mol. The maximum Gasteiger partial charge on any atom is 0.269 e. The highest BCUT2D eigenvalue weighted by molar-refractivity contribution is 5.62. The number of hydrogen-bond acceptors (Lipinski definition) is 7. The topological polar surface area (TPSA) is 86.3 Å². The van der Waals surface area contributed by atoms with E-state index in [0.717, 1.165) is 22.5 Å². The van der Waals surface area contributed by atoms with Gasteiger partial charge in [0.15, 0.2) is 0 Å². The van der Waals surface area contributed by atoms with Crippen molar-refractivity contribution >= 4 is 5.69 Å². The number of nitrogens with zero attached hydrogens (tertiary/aromatic N) is 5. The van der Waals surface area contributed by atoms with Gasteiger partial charge in [0.1, 0.15) is 23.2 Å². The number of hydrogen-bond donors (Lipinski definition) is 0. The molecule has 0 aromatic carbocycles. The van der Waals surface area contributed by atoms with Crippen LogP contribution in [0.15, 0.2) is 39.9 Å². The number of pyridine rings is 1. The van der Waals surface area contributed by atoms with Gasteiger partial charge < -0.3 is 14.2 Å². The third kappa shape index (κ3) is 3.74. The lowest BCUT2D eigenvalue weighted by Crippen LogP contribution is -2.65. The minimum absolute atomic E-state index is 0.157. The quantitative estimate of drug-likeness (QED) is 0.635. The smallest absolute Gasteiger partial charge is 0.269 e. The van der Waals surface area contributed by atoms with Crippen molar-refractivity contribution in [1.29, 1.82) is 0 Å². The van der Waals surface area contributed by atoms with Gasteiger partial charge in [-0.15, -0.1) is 0 Å². The minimum atomic E-state index is -0.869. The van der Waals surface area contributed by atoms with E-state index in [1.807, 2.05) is 30.9 Å². The molecule has 2 aliphatic rings. The molecular weight excluding hydrogens is 401 g/mol. The number of ether oxygens (including phenoxy) is 1. The number of alkyl halides is 1. The molecule has 8 nitrogen and oxygen atoms in total. The van der Waals surface area contributed by atoms with Gasteiger partial charge in [-0.3, -0.25) is 9.78 Å². The molecule has 2 fully saturated rings. The van der Waals surface area contributed by atoms with Crippen molar-refractivity contribution in [3.8, 4) is 11.3 Å². The first kappa shape index (κ1) is 19.9. The molecule has 0 N–H and O–H groups in total. The maximum absolute atomic E-state index is 13.3. The molecule has 5 heterocycles. The molecule has 0 amide bonds. The molecule has 1 atom stereocenters. The molecule has 0 unspecified atom stereocenters. The maximum atomic E-state index is 13.3. The van der Waals surface area contributed by atoms with Gasteiger partial charge in [-0.2, -0.15) is 5.10 Å². The summed E-state index contributed by atoms with van der Waals surface area (Å²) in [5.74, 6) is 0.638. The fourth-order valence-corrected chi connectivity index (χ4v) is 4.20. The van der Waals surface area contributed by atoms with Crippen LogP contribution in [0.2, 0.25) is 0 Å². The second-order valence-corrected chi connectivity index (χ2v) is 8.45. The Hall–Kier alpha value is -3.07. The van der Waals surface area contributed by atoms with Gasteiger partial charge in [-0.1, -0.05) is 5.16 Å². The summed E-state index contributed by atoms with van der Waals surface area (Å²) in [6.07, 6.45) is 3.80. The summed E-state index contributed by atoms with van der Waals surface area (Å²) in [6.45, 7) is 5.45. The van der Waals surface area contributed by atoms with Crippen LogP contribution in [-0.2, 0) is 11.3 Å². The summed E-state index contributed by atoms with van der Waals surface area (Å²) in [5, 5.41) is 8.52. The Bertz CT molecular complexity index is 1140. The van der Waals surface area contributed by atoms with E-state index in [1.54, 1.807) is 18.5 Å². The molecular formula is C22H24FN5O3. The standard InChI is InChI=1S/C22H24FN5O3/c1-14-3-4-16(8-24-14)21-19(15(2)31-26-21)10-28-20(29)7-18(9-25-28)27-12-22(13-27)6-5-17(23)11-30-22/h3-4,7-9,17H,5-6,10-13H2,1-2H3/t17-/m1/s1. The van der Waals surface area contributed by atoms with Crippen molar-refractivity contribution in [3.05, 3.63) is 58.0 Å². The first-order valence-electron chi connectivity index (χ1n) is 10.4. The van der Waals surface area contributed by atoms with Crippen LogP contribution in [0.5, 0.6) is 0 Å². The van der Waals surface area contributed by atoms with E-state index in [0.29, 0.717) is 37.4 Å². The van der Waals surface area contributed by atoms with E-state index in [4.69, 9.17) is 9.26 Å². The zero-order chi connectivity index (χ0) is 21.6. The third-order valence-electron chi connectivity index (χ3n) is 6.14. The van der Waals surface area contributed by atoms with Crippen molar-refractivity contribution in [2.45, 2.75) is 45.0 Å². The molecule has 31 heavy (non-hydrogen) atoms. The van der Waals surface area contributed by atoms with Gasteiger partial charge in [0.25, 0.3) is 5.56 Å². The molecule has 0 saturated carbocycles. The largest absolute Gasteiger partial charge is 0.368 e. The first-order chi connectivity index (χ1) is 14.9. The summed E-state index contributed by atoms with van der Waals surface area (Å²) in [4.78, 5) is 19.1. The Kier molecular flexibility index (Phi) is 4.85. The number of aromatic nitrogens is 4. The Labute approximate surface area is 178 Å². The van der Waals surface area contributed by atoms with Crippen molar-refractivity contribution in [2.24, 2.45) is 0 Å². The predicted octanol–water partition coefficient (Wildman–Crippen LogP) is 2.67. The molecule has 0 bridgehead atoms. The lowest BCUT2D eigenvalue weighted by molar-refractivity contribution is -0.120. The molecule has 3 aromatic rings. The van der Waals surface area contributed by atoms with E-state index >= 15 is 0 Å². The van der Waals surface area contributed by atoms with Gasteiger partial charge in [0.05, 0.1) is 25.0 Å². The lowest BCUT2D eigenvalue weighted by Gasteiger charge is -2.52. The third-order valence-corrected chi connectivity index (χ3v) is 6.14. The molecule has 162 valence electrons. The first-order valence-corrected chi connectivity index (χ1v) is 10.4. The van der Waals surface area contributed by atoms with E-state index in [2.05, 4.69) is 15.2 Å². The fraction of sp³-hybridized carbons (Fsp3) is 0.455. The molecule has 1 spiro atoms. The van der Waals surface area contributed by atoms with Crippen LogP contribution in [0.1, 0.15) is 29.9 Å².